The van der Waals surface area contributed by atoms with Gasteiger partial charge in [-0.15, -0.1) is 0 Å². The molecule has 1 heterocycles. The van der Waals surface area contributed by atoms with E-state index in [9.17, 15) is 9.82 Å². The van der Waals surface area contributed by atoms with Gasteiger partial charge in [-0.1, -0.05) is 12.1 Å². The van der Waals surface area contributed by atoms with E-state index < -0.39 is 7.12 Å². The molecule has 1 aliphatic heterocycles. The lowest BCUT2D eigenvalue weighted by Crippen LogP contribution is -2.49. The van der Waals surface area contributed by atoms with E-state index in [0.717, 1.165) is 11.8 Å². The highest BCUT2D eigenvalue weighted by Crippen LogP contribution is 2.28. The van der Waals surface area contributed by atoms with Crippen LogP contribution in [0.5, 0.6) is 5.75 Å². The molecule has 1 aliphatic rings. The number of likely N-dealkylation sites (N-methyl/N-ethyl adjacent to an activating group) is 1. The van der Waals surface area contributed by atoms with Gasteiger partial charge in [0.05, 0.1) is 11.5 Å². The van der Waals surface area contributed by atoms with Crippen molar-refractivity contribution in [3.63, 3.8) is 0 Å². The first-order valence-electron chi connectivity index (χ1n) is 4.85. The van der Waals surface area contributed by atoms with E-state index in [-0.39, 0.29) is 5.94 Å². The molecule has 0 fully saturated rings. The normalized spacial score (nSPS) is 19.3. The summed E-state index contributed by atoms with van der Waals surface area (Å²) in [6, 6.07) is 5.40. The average Bonchev–Trinajstić information content (AvgIpc) is 2.27. The number of aldehydes is 1. The first kappa shape index (κ1) is 10.2. The number of hydrogen-bond donors (Lipinski definition) is 2. The Bertz CT molecular complexity index is 383. The van der Waals surface area contributed by atoms with Gasteiger partial charge < -0.3 is 15.0 Å². The van der Waals surface area contributed by atoms with Crippen LogP contribution >= 0.6 is 0 Å². The van der Waals surface area contributed by atoms with Crippen molar-refractivity contribution in [1.82, 2.24) is 5.32 Å². The van der Waals surface area contributed by atoms with E-state index in [0.29, 0.717) is 17.7 Å². The van der Waals surface area contributed by atoms with Gasteiger partial charge in [0.25, 0.3) is 0 Å². The SMILES string of the molecule is CNC1Cc2cccc(C=O)c2OB1O. The van der Waals surface area contributed by atoms with Crippen molar-refractivity contribution in [1.29, 1.82) is 0 Å². The molecule has 0 aliphatic carbocycles. The second-order valence-corrected chi connectivity index (χ2v) is 3.56. The molecule has 2 rings (SSSR count). The van der Waals surface area contributed by atoms with E-state index in [1.165, 1.54) is 0 Å². The van der Waals surface area contributed by atoms with Crippen LogP contribution in [0.3, 0.4) is 0 Å². The highest BCUT2D eigenvalue weighted by Gasteiger charge is 2.34. The third kappa shape index (κ3) is 1.76. The van der Waals surface area contributed by atoms with Crippen LogP contribution in [0.25, 0.3) is 0 Å². The van der Waals surface area contributed by atoms with Crippen molar-refractivity contribution in [2.75, 3.05) is 7.05 Å². The van der Waals surface area contributed by atoms with Gasteiger partial charge in [0, 0.05) is 0 Å². The van der Waals surface area contributed by atoms with Gasteiger partial charge >= 0.3 is 7.12 Å². The second-order valence-electron chi connectivity index (χ2n) is 3.56. The quantitative estimate of drug-likeness (QED) is 0.528. The summed E-state index contributed by atoms with van der Waals surface area (Å²) >= 11 is 0. The molecule has 0 amide bonds. The van der Waals surface area contributed by atoms with Crippen LogP contribution in [-0.4, -0.2) is 31.4 Å². The van der Waals surface area contributed by atoms with Gasteiger partial charge in [0.1, 0.15) is 5.75 Å². The van der Waals surface area contributed by atoms with Gasteiger partial charge in [-0.25, -0.2) is 0 Å². The van der Waals surface area contributed by atoms with Crippen LogP contribution in [0.4, 0.5) is 0 Å². The largest absolute Gasteiger partial charge is 0.541 e. The number of hydrogen-bond acceptors (Lipinski definition) is 4. The summed E-state index contributed by atoms with van der Waals surface area (Å²) in [5.74, 6) is 0.380. The highest BCUT2D eigenvalue weighted by molar-refractivity contribution is 6.46. The zero-order valence-corrected chi connectivity index (χ0v) is 8.43. The molecule has 0 saturated heterocycles. The van der Waals surface area contributed by atoms with Crippen LogP contribution < -0.4 is 9.97 Å². The lowest BCUT2D eigenvalue weighted by Gasteiger charge is -2.27. The molecule has 0 bridgehead atoms. The topological polar surface area (TPSA) is 58.6 Å². The maximum Gasteiger partial charge on any atom is 0.541 e. The summed E-state index contributed by atoms with van der Waals surface area (Å²) in [6.45, 7) is 0. The molecule has 1 unspecified atom stereocenters. The van der Waals surface area contributed by atoms with Crippen LogP contribution in [0.2, 0.25) is 0 Å². The molecule has 15 heavy (non-hydrogen) atoms. The van der Waals surface area contributed by atoms with Crippen LogP contribution in [0.15, 0.2) is 18.2 Å². The third-order valence-corrected chi connectivity index (χ3v) is 2.65. The Morgan fingerprint density at radius 2 is 2.47 bits per heavy atom. The molecule has 0 saturated carbocycles. The monoisotopic (exact) mass is 205 g/mol. The van der Waals surface area contributed by atoms with Crippen molar-refractivity contribution >= 4 is 13.4 Å². The smallest absolute Gasteiger partial charge is 0.534 e. The van der Waals surface area contributed by atoms with Crippen molar-refractivity contribution in [2.24, 2.45) is 0 Å². The van der Waals surface area contributed by atoms with Crippen molar-refractivity contribution in [3.8, 4) is 5.75 Å². The number of para-hydroxylation sites is 1. The first-order valence-corrected chi connectivity index (χ1v) is 4.85. The molecule has 1 aromatic rings. The van der Waals surface area contributed by atoms with Crippen molar-refractivity contribution in [2.45, 2.75) is 12.4 Å². The Morgan fingerprint density at radius 3 is 3.13 bits per heavy atom. The first-order chi connectivity index (χ1) is 7.26. The summed E-state index contributed by atoms with van der Waals surface area (Å²) in [5.41, 5.74) is 1.44. The summed E-state index contributed by atoms with van der Waals surface area (Å²) in [4.78, 5) is 10.8. The molecular formula is C10H12BNO3. The fourth-order valence-electron chi connectivity index (χ4n) is 1.79. The number of nitrogens with one attached hydrogen (secondary N) is 1. The van der Waals surface area contributed by atoms with Gasteiger partial charge in [-0.05, 0) is 25.1 Å². The number of benzene rings is 1. The molecule has 0 aromatic heterocycles. The van der Waals surface area contributed by atoms with Gasteiger partial charge in [0.2, 0.25) is 0 Å². The Balaban J connectivity index is 2.39. The predicted octanol–water partition coefficient (Wildman–Crippen LogP) is 0.0417. The lowest BCUT2D eigenvalue weighted by molar-refractivity contribution is 0.112. The van der Waals surface area contributed by atoms with Gasteiger partial charge in [-0.3, -0.25) is 4.79 Å². The lowest BCUT2D eigenvalue weighted by atomic mass is 9.72. The van der Waals surface area contributed by atoms with E-state index in [1.54, 1.807) is 13.1 Å². The predicted molar refractivity (Wildman–Crippen MR) is 57.0 cm³/mol. The van der Waals surface area contributed by atoms with Gasteiger partial charge in [0.15, 0.2) is 6.29 Å². The molecular weight excluding hydrogens is 193 g/mol. The Hall–Kier alpha value is -1.33. The van der Waals surface area contributed by atoms with E-state index in [1.807, 2.05) is 12.1 Å². The molecule has 5 heteroatoms. The number of carbonyl (C=O) groups excluding carboxylic acids is 1. The maximum absolute atomic E-state index is 10.8. The fourth-order valence-corrected chi connectivity index (χ4v) is 1.79. The Labute approximate surface area is 88.4 Å². The average molecular weight is 205 g/mol. The second kappa shape index (κ2) is 4.04. The summed E-state index contributed by atoms with van der Waals surface area (Å²) in [6.07, 6.45) is 1.40. The molecule has 4 nitrogen and oxygen atoms in total. The zero-order chi connectivity index (χ0) is 10.8. The van der Waals surface area contributed by atoms with Gasteiger partial charge in [-0.2, -0.15) is 0 Å². The summed E-state index contributed by atoms with van der Waals surface area (Å²) < 4.78 is 5.32. The van der Waals surface area contributed by atoms with Crippen LogP contribution in [-0.2, 0) is 6.42 Å². The minimum Gasteiger partial charge on any atom is -0.534 e. The molecule has 0 spiro atoms. The minimum absolute atomic E-state index is 0.126. The Morgan fingerprint density at radius 1 is 1.67 bits per heavy atom. The third-order valence-electron chi connectivity index (χ3n) is 2.65. The van der Waals surface area contributed by atoms with Crippen LogP contribution in [0, 0.1) is 0 Å². The zero-order valence-electron chi connectivity index (χ0n) is 8.43. The molecule has 0 radical (unpaired) electrons. The molecule has 78 valence electrons. The standard InChI is InChI=1S/C10H12BNO3/c1-12-9-5-7-3-2-4-8(6-13)10(7)15-11(9)14/h2-4,6,9,12,14H,5H2,1H3. The van der Waals surface area contributed by atoms with E-state index in [4.69, 9.17) is 4.65 Å². The van der Waals surface area contributed by atoms with Crippen molar-refractivity contribution in [3.05, 3.63) is 29.3 Å². The van der Waals surface area contributed by atoms with E-state index in [2.05, 4.69) is 5.32 Å². The molecule has 1 atom stereocenters. The van der Waals surface area contributed by atoms with Crippen LogP contribution in [0.1, 0.15) is 15.9 Å². The number of carbonyl (C=O) groups is 1. The van der Waals surface area contributed by atoms with Crippen molar-refractivity contribution < 1.29 is 14.5 Å². The minimum atomic E-state index is -0.899. The summed E-state index contributed by atoms with van der Waals surface area (Å²) in [7, 11) is 0.870. The highest BCUT2D eigenvalue weighted by atomic mass is 16.5. The number of rotatable bonds is 2. The molecule has 1 aromatic carbocycles. The maximum atomic E-state index is 10.8. The summed E-state index contributed by atoms with van der Waals surface area (Å²) in [5, 5.41) is 12.6. The fraction of sp³-hybridized carbons (Fsp3) is 0.300. The van der Waals surface area contributed by atoms with E-state index >= 15 is 0 Å². The molecule has 2 N–H and O–H groups in total. The number of fused-ring (bicyclic) bond motifs is 1. The Kier molecular flexibility index (Phi) is 2.75.